The van der Waals surface area contributed by atoms with E-state index in [4.69, 9.17) is 9.57 Å². The van der Waals surface area contributed by atoms with Gasteiger partial charge in [-0.1, -0.05) is 0 Å². The van der Waals surface area contributed by atoms with E-state index in [0.29, 0.717) is 13.0 Å². The second kappa shape index (κ2) is 5.25. The summed E-state index contributed by atoms with van der Waals surface area (Å²) in [5, 5.41) is 2.11. The molecule has 0 radical (unpaired) electrons. The molecule has 4 nitrogen and oxygen atoms in total. The van der Waals surface area contributed by atoms with Crippen molar-refractivity contribution < 1.29 is 14.4 Å². The largest absolute Gasteiger partial charge is 0.495 e. The molecule has 0 bridgehead atoms. The lowest BCUT2D eigenvalue weighted by atomic mass is 9.82. The normalized spacial score (nSPS) is 30.1. The van der Waals surface area contributed by atoms with Gasteiger partial charge < -0.3 is 4.74 Å². The molecule has 2 heterocycles. The van der Waals surface area contributed by atoms with Crippen LogP contribution in [0.4, 0.5) is 0 Å². The first-order valence-electron chi connectivity index (χ1n) is 7.09. The third kappa shape index (κ3) is 3.37. The maximum absolute atomic E-state index is 11.3. The minimum Gasteiger partial charge on any atom is -0.495 e. The van der Waals surface area contributed by atoms with Gasteiger partial charge in [0.05, 0.1) is 6.26 Å². The molecule has 19 heavy (non-hydrogen) atoms. The summed E-state index contributed by atoms with van der Waals surface area (Å²) in [6, 6.07) is 0. The minimum atomic E-state index is -0.161. The van der Waals surface area contributed by atoms with E-state index in [1.165, 1.54) is 18.8 Å². The van der Waals surface area contributed by atoms with E-state index >= 15 is 0 Å². The maximum atomic E-state index is 11.3. The van der Waals surface area contributed by atoms with Gasteiger partial charge in [-0.15, -0.1) is 0 Å². The molecule has 1 fully saturated rings. The van der Waals surface area contributed by atoms with Crippen LogP contribution in [0.5, 0.6) is 0 Å². The smallest absolute Gasteiger partial charge is 0.162 e. The Hall–Kier alpha value is -0.870. The van der Waals surface area contributed by atoms with Gasteiger partial charge in [-0.05, 0) is 47.0 Å². The predicted molar refractivity (Wildman–Crippen MR) is 73.4 cm³/mol. The molecule has 4 heteroatoms. The van der Waals surface area contributed by atoms with Crippen molar-refractivity contribution in [3.05, 3.63) is 12.3 Å². The maximum Gasteiger partial charge on any atom is 0.162 e. The highest BCUT2D eigenvalue weighted by molar-refractivity contribution is 5.90. The molecule has 0 saturated carbocycles. The summed E-state index contributed by atoms with van der Waals surface area (Å²) in [5.41, 5.74) is 0.0481. The first kappa shape index (κ1) is 14.5. The molecule has 108 valence electrons. The Kier molecular flexibility index (Phi) is 4.02. The lowest BCUT2D eigenvalue weighted by molar-refractivity contribution is -0.289. The summed E-state index contributed by atoms with van der Waals surface area (Å²) in [5.74, 6) is 0.108. The lowest BCUT2D eigenvalue weighted by Gasteiger charge is -2.51. The second-order valence-corrected chi connectivity index (χ2v) is 6.80. The van der Waals surface area contributed by atoms with Crippen LogP contribution in [0.15, 0.2) is 12.3 Å². The number of hydrogen-bond donors (Lipinski definition) is 0. The number of rotatable bonds is 3. The third-order valence-corrected chi connectivity index (χ3v) is 4.02. The molecule has 0 aromatic carbocycles. The molecule has 1 saturated heterocycles. The molecule has 0 spiro atoms. The summed E-state index contributed by atoms with van der Waals surface area (Å²) in [4.78, 5) is 17.4. The molecule has 0 N–H and O–H groups in total. The highest BCUT2D eigenvalue weighted by Gasteiger charge is 2.42. The van der Waals surface area contributed by atoms with Crippen LogP contribution < -0.4 is 0 Å². The van der Waals surface area contributed by atoms with E-state index in [-0.39, 0.29) is 23.0 Å². The summed E-state index contributed by atoms with van der Waals surface area (Å²) in [6.07, 6.45) is 6.68. The third-order valence-electron chi connectivity index (χ3n) is 4.02. The van der Waals surface area contributed by atoms with Crippen LogP contribution in [0.2, 0.25) is 0 Å². The zero-order valence-electron chi connectivity index (χ0n) is 12.4. The molecule has 0 amide bonds. The Labute approximate surface area is 115 Å². The van der Waals surface area contributed by atoms with Crippen molar-refractivity contribution in [1.82, 2.24) is 5.06 Å². The molecule has 0 aromatic heterocycles. The van der Waals surface area contributed by atoms with Crippen LogP contribution >= 0.6 is 0 Å². The van der Waals surface area contributed by atoms with Crippen LogP contribution in [0.25, 0.3) is 0 Å². The van der Waals surface area contributed by atoms with Gasteiger partial charge in [0.2, 0.25) is 0 Å². The fourth-order valence-electron chi connectivity index (χ4n) is 3.15. The monoisotopic (exact) mass is 267 g/mol. The lowest BCUT2D eigenvalue weighted by Crippen LogP contribution is -2.58. The molecular formula is C15H25NO3. The van der Waals surface area contributed by atoms with Gasteiger partial charge in [-0.25, -0.2) is 0 Å². The molecule has 0 aliphatic carbocycles. The zero-order chi connectivity index (χ0) is 14.1. The topological polar surface area (TPSA) is 38.8 Å². The van der Waals surface area contributed by atoms with E-state index in [1.54, 1.807) is 0 Å². The first-order valence-corrected chi connectivity index (χ1v) is 7.09. The number of ether oxygens (including phenoxy) is 1. The standard InChI is InChI=1S/C15H25NO3/c1-14(2)7-5-8-15(3,4)16(14)19-11-13-10-12(17)6-9-18-13/h6,9,13H,5,7-8,10-11H2,1-4H3. The van der Waals surface area contributed by atoms with Crippen LogP contribution in [0.3, 0.4) is 0 Å². The first-order chi connectivity index (χ1) is 8.81. The molecule has 1 unspecified atom stereocenters. The van der Waals surface area contributed by atoms with Crippen LogP contribution in [-0.4, -0.2) is 34.6 Å². The number of hydrogen-bond acceptors (Lipinski definition) is 4. The highest BCUT2D eigenvalue weighted by Crippen LogP contribution is 2.38. The van der Waals surface area contributed by atoms with E-state index in [0.717, 1.165) is 12.8 Å². The minimum absolute atomic E-state index is 0.0241. The summed E-state index contributed by atoms with van der Waals surface area (Å²) < 4.78 is 5.42. The van der Waals surface area contributed by atoms with Crippen molar-refractivity contribution in [2.24, 2.45) is 0 Å². The number of carbonyl (C=O) groups excluding carboxylic acids is 1. The average molecular weight is 267 g/mol. The van der Waals surface area contributed by atoms with Gasteiger partial charge in [-0.3, -0.25) is 9.63 Å². The van der Waals surface area contributed by atoms with Crippen molar-refractivity contribution in [1.29, 1.82) is 0 Å². The summed E-state index contributed by atoms with van der Waals surface area (Å²) >= 11 is 0. The fraction of sp³-hybridized carbons (Fsp3) is 0.800. The van der Waals surface area contributed by atoms with Crippen molar-refractivity contribution >= 4 is 5.78 Å². The highest BCUT2D eigenvalue weighted by atomic mass is 16.7. The summed E-state index contributed by atoms with van der Waals surface area (Å²) in [7, 11) is 0. The Morgan fingerprint density at radius 2 is 1.95 bits per heavy atom. The van der Waals surface area contributed by atoms with Crippen molar-refractivity contribution in [2.75, 3.05) is 6.61 Å². The van der Waals surface area contributed by atoms with Crippen molar-refractivity contribution in [3.8, 4) is 0 Å². The molecule has 2 aliphatic rings. The molecule has 0 aromatic rings. The summed E-state index contributed by atoms with van der Waals surface area (Å²) in [6.45, 7) is 9.27. The number of ketones is 1. The Balaban J connectivity index is 1.96. The van der Waals surface area contributed by atoms with E-state index in [2.05, 4.69) is 32.8 Å². The Morgan fingerprint density at radius 3 is 2.53 bits per heavy atom. The van der Waals surface area contributed by atoms with E-state index < -0.39 is 0 Å². The molecule has 1 atom stereocenters. The Bertz CT molecular complexity index is 358. The SMILES string of the molecule is CC1(C)CCCC(C)(C)N1OCC1CC(=O)C=CO1. The number of nitrogens with zero attached hydrogens (tertiary/aromatic N) is 1. The average Bonchev–Trinajstić information content (AvgIpc) is 2.26. The Morgan fingerprint density at radius 1 is 1.32 bits per heavy atom. The van der Waals surface area contributed by atoms with Crippen LogP contribution in [0, 0.1) is 0 Å². The molecular weight excluding hydrogens is 242 g/mol. The van der Waals surface area contributed by atoms with Crippen molar-refractivity contribution in [2.45, 2.75) is 70.6 Å². The van der Waals surface area contributed by atoms with Gasteiger partial charge in [0.25, 0.3) is 0 Å². The predicted octanol–water partition coefficient (Wildman–Crippen LogP) is 2.83. The van der Waals surface area contributed by atoms with Gasteiger partial charge in [0.1, 0.15) is 12.7 Å². The van der Waals surface area contributed by atoms with Gasteiger partial charge in [0.15, 0.2) is 5.78 Å². The van der Waals surface area contributed by atoms with E-state index in [9.17, 15) is 4.79 Å². The quantitative estimate of drug-likeness (QED) is 0.788. The molecule has 2 aliphatic heterocycles. The van der Waals surface area contributed by atoms with Gasteiger partial charge in [-0.2, -0.15) is 5.06 Å². The zero-order valence-corrected chi connectivity index (χ0v) is 12.4. The fourth-order valence-corrected chi connectivity index (χ4v) is 3.15. The number of allylic oxidation sites excluding steroid dienone is 1. The van der Waals surface area contributed by atoms with Crippen LogP contribution in [0.1, 0.15) is 53.4 Å². The van der Waals surface area contributed by atoms with Crippen LogP contribution in [-0.2, 0) is 14.4 Å². The van der Waals surface area contributed by atoms with Gasteiger partial charge >= 0.3 is 0 Å². The number of carbonyl (C=O) groups is 1. The van der Waals surface area contributed by atoms with E-state index in [1.807, 2.05) is 0 Å². The second-order valence-electron chi connectivity index (χ2n) is 6.80. The number of piperidine rings is 1. The van der Waals surface area contributed by atoms with Gasteiger partial charge in [0, 0.05) is 23.6 Å². The number of hydroxylamine groups is 2. The molecule has 2 rings (SSSR count). The van der Waals surface area contributed by atoms with Crippen molar-refractivity contribution in [3.63, 3.8) is 0 Å².